The Morgan fingerprint density at radius 2 is 1.92 bits per heavy atom. The minimum Gasteiger partial charge on any atom is -0.483 e. The second-order valence-corrected chi connectivity index (χ2v) is 6.16. The lowest BCUT2D eigenvalue weighted by Gasteiger charge is -2.11. The van der Waals surface area contributed by atoms with Crippen molar-refractivity contribution < 1.29 is 14.3 Å². The average Bonchev–Trinajstić information content (AvgIpc) is 3.05. The van der Waals surface area contributed by atoms with Crippen LogP contribution >= 0.6 is 0 Å². The summed E-state index contributed by atoms with van der Waals surface area (Å²) in [5.41, 5.74) is 3.95. The van der Waals surface area contributed by atoms with Gasteiger partial charge in [-0.25, -0.2) is 5.43 Å². The molecular formula is C18H25N3O3. The van der Waals surface area contributed by atoms with Gasteiger partial charge < -0.3 is 10.1 Å². The lowest BCUT2D eigenvalue weighted by atomic mass is 10.2. The number of nitrogens with zero attached hydrogens (tertiary/aromatic N) is 1. The van der Waals surface area contributed by atoms with Crippen molar-refractivity contribution >= 4 is 17.5 Å². The highest BCUT2D eigenvalue weighted by molar-refractivity contribution is 6.00. The SMILES string of the molecule is C/C(CC(=O)NC1CCCC1)=N/NC(=O)COc1ccccc1C. The maximum Gasteiger partial charge on any atom is 0.277 e. The van der Waals surface area contributed by atoms with E-state index in [4.69, 9.17) is 4.74 Å². The van der Waals surface area contributed by atoms with E-state index in [9.17, 15) is 9.59 Å². The van der Waals surface area contributed by atoms with Crippen LogP contribution in [0.25, 0.3) is 0 Å². The smallest absolute Gasteiger partial charge is 0.277 e. The molecule has 2 amide bonds. The molecule has 1 aromatic rings. The number of para-hydroxylation sites is 1. The van der Waals surface area contributed by atoms with E-state index in [0.29, 0.717) is 17.5 Å². The van der Waals surface area contributed by atoms with Gasteiger partial charge in [0.15, 0.2) is 6.61 Å². The van der Waals surface area contributed by atoms with E-state index in [2.05, 4.69) is 15.8 Å². The molecule has 0 atom stereocenters. The van der Waals surface area contributed by atoms with Crippen LogP contribution in [-0.2, 0) is 9.59 Å². The second-order valence-electron chi connectivity index (χ2n) is 6.16. The van der Waals surface area contributed by atoms with E-state index in [0.717, 1.165) is 18.4 Å². The Hall–Kier alpha value is -2.37. The Morgan fingerprint density at radius 3 is 2.62 bits per heavy atom. The Bertz CT molecular complexity index is 607. The van der Waals surface area contributed by atoms with Gasteiger partial charge in [0.2, 0.25) is 5.91 Å². The summed E-state index contributed by atoms with van der Waals surface area (Å²) in [5, 5.41) is 6.94. The van der Waals surface area contributed by atoms with E-state index in [1.54, 1.807) is 6.92 Å². The molecular weight excluding hydrogens is 306 g/mol. The molecule has 6 nitrogen and oxygen atoms in total. The number of rotatable bonds is 7. The standard InChI is InChI=1S/C18H25N3O3/c1-13-7-3-6-10-16(13)24-12-18(23)21-20-14(2)11-17(22)19-15-8-4-5-9-15/h3,6-7,10,15H,4-5,8-9,11-12H2,1-2H3,(H,19,22)(H,21,23)/b20-14-. The molecule has 0 radical (unpaired) electrons. The van der Waals surface area contributed by atoms with Crippen LogP contribution in [0, 0.1) is 6.92 Å². The molecule has 1 fully saturated rings. The highest BCUT2D eigenvalue weighted by atomic mass is 16.5. The number of hydrazone groups is 1. The molecule has 2 N–H and O–H groups in total. The lowest BCUT2D eigenvalue weighted by molar-refractivity contribution is -0.123. The molecule has 1 aromatic carbocycles. The molecule has 1 saturated carbocycles. The first-order valence-corrected chi connectivity index (χ1v) is 8.34. The Labute approximate surface area is 142 Å². The maximum atomic E-state index is 11.9. The number of ether oxygens (including phenoxy) is 1. The van der Waals surface area contributed by atoms with Crippen molar-refractivity contribution in [3.8, 4) is 5.75 Å². The lowest BCUT2D eigenvalue weighted by Crippen LogP contribution is -2.34. The van der Waals surface area contributed by atoms with Crippen LogP contribution < -0.4 is 15.5 Å². The molecule has 0 spiro atoms. The zero-order valence-electron chi connectivity index (χ0n) is 14.3. The summed E-state index contributed by atoms with van der Waals surface area (Å²) in [6.07, 6.45) is 4.64. The van der Waals surface area contributed by atoms with E-state index >= 15 is 0 Å². The molecule has 130 valence electrons. The normalized spacial score (nSPS) is 15.2. The van der Waals surface area contributed by atoms with Gasteiger partial charge in [-0.15, -0.1) is 0 Å². The van der Waals surface area contributed by atoms with Crippen molar-refractivity contribution in [3.63, 3.8) is 0 Å². The van der Waals surface area contributed by atoms with Gasteiger partial charge in [-0.1, -0.05) is 31.0 Å². The third kappa shape index (κ3) is 6.02. The quantitative estimate of drug-likeness (QED) is 0.594. The van der Waals surface area contributed by atoms with Crippen molar-refractivity contribution in [2.45, 2.75) is 52.0 Å². The first-order valence-electron chi connectivity index (χ1n) is 8.34. The van der Waals surface area contributed by atoms with Crippen molar-refractivity contribution in [2.75, 3.05) is 6.61 Å². The number of hydrogen-bond acceptors (Lipinski definition) is 4. The van der Waals surface area contributed by atoms with Gasteiger partial charge in [-0.2, -0.15) is 5.10 Å². The highest BCUT2D eigenvalue weighted by Gasteiger charge is 2.17. The van der Waals surface area contributed by atoms with E-state index in [-0.39, 0.29) is 24.8 Å². The molecule has 1 aliphatic carbocycles. The summed E-state index contributed by atoms with van der Waals surface area (Å²) < 4.78 is 5.44. The predicted molar refractivity (Wildman–Crippen MR) is 92.9 cm³/mol. The van der Waals surface area contributed by atoms with Crippen LogP contribution in [0.15, 0.2) is 29.4 Å². The van der Waals surface area contributed by atoms with Crippen molar-refractivity contribution in [1.82, 2.24) is 10.7 Å². The molecule has 6 heteroatoms. The van der Waals surface area contributed by atoms with Gasteiger partial charge in [0, 0.05) is 11.8 Å². The minimum absolute atomic E-state index is 0.0476. The summed E-state index contributed by atoms with van der Waals surface area (Å²) in [7, 11) is 0. The van der Waals surface area contributed by atoms with Crippen LogP contribution in [0.1, 0.15) is 44.6 Å². The molecule has 24 heavy (non-hydrogen) atoms. The highest BCUT2D eigenvalue weighted by Crippen LogP contribution is 2.17. The maximum absolute atomic E-state index is 11.9. The van der Waals surface area contributed by atoms with Gasteiger partial charge in [-0.3, -0.25) is 9.59 Å². The zero-order valence-corrected chi connectivity index (χ0v) is 14.3. The van der Waals surface area contributed by atoms with E-state index in [1.807, 2.05) is 31.2 Å². The summed E-state index contributed by atoms with van der Waals surface area (Å²) >= 11 is 0. The topological polar surface area (TPSA) is 79.8 Å². The van der Waals surface area contributed by atoms with Crippen molar-refractivity contribution in [3.05, 3.63) is 29.8 Å². The van der Waals surface area contributed by atoms with Gasteiger partial charge in [0.1, 0.15) is 5.75 Å². The monoisotopic (exact) mass is 331 g/mol. The fourth-order valence-corrected chi connectivity index (χ4v) is 2.67. The number of amides is 2. The number of aryl methyl sites for hydroxylation is 1. The van der Waals surface area contributed by atoms with Gasteiger partial charge in [-0.05, 0) is 38.3 Å². The fourth-order valence-electron chi connectivity index (χ4n) is 2.67. The zero-order chi connectivity index (χ0) is 17.4. The van der Waals surface area contributed by atoms with Gasteiger partial charge in [0.25, 0.3) is 5.91 Å². The second kappa shape index (κ2) is 9.05. The number of nitrogens with one attached hydrogen (secondary N) is 2. The summed E-state index contributed by atoms with van der Waals surface area (Å²) in [4.78, 5) is 23.6. The van der Waals surface area contributed by atoms with Crippen LogP contribution in [-0.4, -0.2) is 30.2 Å². The first kappa shape index (κ1) is 18.0. The third-order valence-electron chi connectivity index (χ3n) is 3.96. The fraction of sp³-hybridized carbons (Fsp3) is 0.500. The van der Waals surface area contributed by atoms with Crippen LogP contribution in [0.2, 0.25) is 0 Å². The summed E-state index contributed by atoms with van der Waals surface area (Å²) in [6, 6.07) is 7.78. The molecule has 1 aliphatic rings. The predicted octanol–water partition coefficient (Wildman–Crippen LogP) is 2.31. The van der Waals surface area contributed by atoms with Gasteiger partial charge >= 0.3 is 0 Å². The molecule has 0 heterocycles. The third-order valence-corrected chi connectivity index (χ3v) is 3.96. The summed E-state index contributed by atoms with van der Waals surface area (Å²) in [6.45, 7) is 3.52. The first-order chi connectivity index (χ1) is 11.5. The number of benzene rings is 1. The van der Waals surface area contributed by atoms with Crippen LogP contribution in [0.5, 0.6) is 5.75 Å². The largest absolute Gasteiger partial charge is 0.483 e. The van der Waals surface area contributed by atoms with Crippen LogP contribution in [0.3, 0.4) is 0 Å². The van der Waals surface area contributed by atoms with Crippen molar-refractivity contribution in [2.24, 2.45) is 5.10 Å². The van der Waals surface area contributed by atoms with E-state index < -0.39 is 0 Å². The molecule has 0 bridgehead atoms. The Morgan fingerprint density at radius 1 is 1.21 bits per heavy atom. The van der Waals surface area contributed by atoms with Crippen molar-refractivity contribution in [1.29, 1.82) is 0 Å². The van der Waals surface area contributed by atoms with E-state index in [1.165, 1.54) is 12.8 Å². The van der Waals surface area contributed by atoms with Crippen LogP contribution in [0.4, 0.5) is 0 Å². The summed E-state index contributed by atoms with van der Waals surface area (Å²) in [5.74, 6) is 0.270. The van der Waals surface area contributed by atoms with Gasteiger partial charge in [0.05, 0.1) is 6.42 Å². The molecule has 0 aromatic heterocycles. The molecule has 0 unspecified atom stereocenters. The Kier molecular flexibility index (Phi) is 6.78. The molecule has 0 aliphatic heterocycles. The Balaban J connectivity index is 1.70. The number of carbonyl (C=O) groups is 2. The molecule has 2 rings (SSSR count). The molecule has 0 saturated heterocycles. The number of carbonyl (C=O) groups excluding carboxylic acids is 2. The minimum atomic E-state index is -0.353. The number of hydrogen-bond donors (Lipinski definition) is 2. The average molecular weight is 331 g/mol.